The second kappa shape index (κ2) is 9.40. The molecule has 0 spiro atoms. The molecule has 0 aliphatic carbocycles. The van der Waals surface area contributed by atoms with Crippen LogP contribution in [-0.2, 0) is 0 Å². The lowest BCUT2D eigenvalue weighted by Crippen LogP contribution is -2.27. The molecule has 1 heterocycles. The zero-order valence-electron chi connectivity index (χ0n) is 15.6. The number of halogens is 1. The molecule has 2 rings (SSSR count). The Kier molecular flexibility index (Phi) is 7.24. The van der Waals surface area contributed by atoms with Crippen molar-refractivity contribution in [3.8, 4) is 5.75 Å². The van der Waals surface area contributed by atoms with Crippen LogP contribution in [0, 0.1) is 6.92 Å². The number of amides is 1. The van der Waals surface area contributed by atoms with E-state index in [2.05, 4.69) is 20.5 Å². The number of nitrogens with one attached hydrogen (secondary N) is 2. The van der Waals surface area contributed by atoms with Crippen LogP contribution in [0.3, 0.4) is 0 Å². The summed E-state index contributed by atoms with van der Waals surface area (Å²) in [5.41, 5.74) is 2.23. The van der Waals surface area contributed by atoms with E-state index in [9.17, 15) is 4.79 Å². The molecular weight excluding hydrogens is 352 g/mol. The quantitative estimate of drug-likeness (QED) is 0.690. The van der Waals surface area contributed by atoms with Crippen molar-refractivity contribution in [3.05, 3.63) is 46.6 Å². The van der Waals surface area contributed by atoms with E-state index in [1.807, 2.05) is 27.1 Å². The largest absolute Gasteiger partial charge is 0.495 e. The average Bonchev–Trinajstić information content (AvgIpc) is 2.62. The number of aryl methyl sites for hydroxylation is 1. The third-order valence-corrected chi connectivity index (χ3v) is 4.24. The molecule has 0 aliphatic rings. The Bertz CT molecular complexity index is 748. The highest BCUT2D eigenvalue weighted by Crippen LogP contribution is 2.32. The van der Waals surface area contributed by atoms with E-state index in [-0.39, 0.29) is 5.91 Å². The first-order valence-electron chi connectivity index (χ1n) is 8.41. The number of hydrogen-bond donors (Lipinski definition) is 2. The van der Waals surface area contributed by atoms with Crippen molar-refractivity contribution < 1.29 is 9.53 Å². The zero-order chi connectivity index (χ0) is 19.1. The molecule has 1 amide bonds. The fourth-order valence-electron chi connectivity index (χ4n) is 2.37. The summed E-state index contributed by atoms with van der Waals surface area (Å²) in [6.07, 6.45) is 2.46. The van der Waals surface area contributed by atoms with Crippen molar-refractivity contribution in [2.75, 3.05) is 39.6 Å². The van der Waals surface area contributed by atoms with E-state index in [4.69, 9.17) is 16.3 Å². The highest BCUT2D eigenvalue weighted by molar-refractivity contribution is 6.31. The van der Waals surface area contributed by atoms with Crippen LogP contribution in [0.5, 0.6) is 5.75 Å². The van der Waals surface area contributed by atoms with Crippen molar-refractivity contribution in [1.82, 2.24) is 15.2 Å². The number of methoxy groups -OCH3 is 1. The van der Waals surface area contributed by atoms with E-state index in [1.165, 1.54) is 0 Å². The Morgan fingerprint density at radius 3 is 2.69 bits per heavy atom. The third kappa shape index (κ3) is 5.61. The molecule has 0 bridgehead atoms. The maximum atomic E-state index is 12.1. The smallest absolute Gasteiger partial charge is 0.252 e. The summed E-state index contributed by atoms with van der Waals surface area (Å²) < 4.78 is 5.34. The minimum Gasteiger partial charge on any atom is -0.495 e. The highest BCUT2D eigenvalue weighted by atomic mass is 35.5. The van der Waals surface area contributed by atoms with Gasteiger partial charge in [-0.05, 0) is 57.7 Å². The Morgan fingerprint density at radius 1 is 1.31 bits per heavy atom. The Labute approximate surface area is 159 Å². The van der Waals surface area contributed by atoms with Gasteiger partial charge >= 0.3 is 0 Å². The molecule has 0 radical (unpaired) electrons. The van der Waals surface area contributed by atoms with Gasteiger partial charge in [0.15, 0.2) is 0 Å². The maximum Gasteiger partial charge on any atom is 0.252 e. The van der Waals surface area contributed by atoms with Gasteiger partial charge in [0.25, 0.3) is 5.91 Å². The summed E-state index contributed by atoms with van der Waals surface area (Å²) in [5, 5.41) is 6.73. The van der Waals surface area contributed by atoms with E-state index < -0.39 is 0 Å². The molecule has 0 aliphatic heterocycles. The summed E-state index contributed by atoms with van der Waals surface area (Å²) in [7, 11) is 5.60. The van der Waals surface area contributed by atoms with E-state index >= 15 is 0 Å². The van der Waals surface area contributed by atoms with Gasteiger partial charge in [-0.1, -0.05) is 11.6 Å². The van der Waals surface area contributed by atoms with Crippen LogP contribution >= 0.6 is 11.6 Å². The molecule has 0 atom stereocenters. The number of anilines is 2. The van der Waals surface area contributed by atoms with Crippen molar-refractivity contribution in [2.24, 2.45) is 0 Å². The highest BCUT2D eigenvalue weighted by Gasteiger charge is 2.09. The molecule has 2 aromatic rings. The van der Waals surface area contributed by atoms with Crippen LogP contribution in [0.2, 0.25) is 5.02 Å². The third-order valence-electron chi connectivity index (χ3n) is 3.84. The minimum atomic E-state index is -0.122. The van der Waals surface area contributed by atoms with Crippen molar-refractivity contribution >= 4 is 29.0 Å². The van der Waals surface area contributed by atoms with Gasteiger partial charge in [-0.3, -0.25) is 4.79 Å². The number of nitrogens with zero attached hydrogens (tertiary/aromatic N) is 2. The van der Waals surface area contributed by atoms with E-state index in [0.29, 0.717) is 28.7 Å². The first kappa shape index (κ1) is 20.0. The second-order valence-electron chi connectivity index (χ2n) is 6.27. The van der Waals surface area contributed by atoms with Crippen molar-refractivity contribution in [2.45, 2.75) is 13.3 Å². The monoisotopic (exact) mass is 376 g/mol. The Morgan fingerprint density at radius 2 is 2.08 bits per heavy atom. The standard InChI is InChI=1S/C19H25ClN4O2/c1-13-10-16(17(26-4)11-15(13)20)23-18-7-6-14(12-22-18)19(25)21-8-5-9-24(2)3/h6-7,10-12H,5,8-9H2,1-4H3,(H,21,25)(H,22,23). The number of pyridine rings is 1. The number of ether oxygens (including phenoxy) is 1. The fourth-order valence-corrected chi connectivity index (χ4v) is 2.52. The molecular formula is C19H25ClN4O2. The van der Waals surface area contributed by atoms with Crippen LogP contribution in [0.15, 0.2) is 30.5 Å². The van der Waals surface area contributed by atoms with Crippen LogP contribution in [0.25, 0.3) is 0 Å². The lowest BCUT2D eigenvalue weighted by Gasteiger charge is -2.13. The fraction of sp³-hybridized carbons (Fsp3) is 0.368. The number of aromatic nitrogens is 1. The van der Waals surface area contributed by atoms with Crippen LogP contribution < -0.4 is 15.4 Å². The molecule has 1 aromatic carbocycles. The number of rotatable bonds is 8. The zero-order valence-corrected chi connectivity index (χ0v) is 16.4. The molecule has 0 saturated carbocycles. The summed E-state index contributed by atoms with van der Waals surface area (Å²) >= 11 is 6.12. The second-order valence-corrected chi connectivity index (χ2v) is 6.68. The van der Waals surface area contributed by atoms with Gasteiger partial charge in [0.2, 0.25) is 0 Å². The summed E-state index contributed by atoms with van der Waals surface area (Å²) in [5.74, 6) is 1.13. The van der Waals surface area contributed by atoms with Gasteiger partial charge in [0.1, 0.15) is 11.6 Å². The molecule has 1 aromatic heterocycles. The van der Waals surface area contributed by atoms with Gasteiger partial charge in [-0.15, -0.1) is 0 Å². The minimum absolute atomic E-state index is 0.122. The van der Waals surface area contributed by atoms with E-state index in [0.717, 1.165) is 24.2 Å². The topological polar surface area (TPSA) is 66.5 Å². The number of carbonyl (C=O) groups is 1. The molecule has 2 N–H and O–H groups in total. The lowest BCUT2D eigenvalue weighted by molar-refractivity contribution is 0.0952. The molecule has 7 heteroatoms. The number of hydrogen-bond acceptors (Lipinski definition) is 5. The summed E-state index contributed by atoms with van der Waals surface area (Å²) in [6.45, 7) is 3.49. The van der Waals surface area contributed by atoms with Gasteiger partial charge < -0.3 is 20.3 Å². The SMILES string of the molecule is COc1cc(Cl)c(C)cc1Nc1ccc(C(=O)NCCCN(C)C)cn1. The molecule has 140 valence electrons. The van der Waals surface area contributed by atoms with Gasteiger partial charge in [0, 0.05) is 23.8 Å². The van der Waals surface area contributed by atoms with Crippen LogP contribution in [0.4, 0.5) is 11.5 Å². The van der Waals surface area contributed by atoms with Crippen LogP contribution in [0.1, 0.15) is 22.3 Å². The Hall–Kier alpha value is -2.31. The predicted octanol–water partition coefficient (Wildman–Crippen LogP) is 3.48. The normalized spacial score (nSPS) is 10.7. The van der Waals surface area contributed by atoms with Gasteiger partial charge in [-0.2, -0.15) is 0 Å². The Balaban J connectivity index is 1.99. The summed E-state index contributed by atoms with van der Waals surface area (Å²) in [4.78, 5) is 18.5. The molecule has 0 fully saturated rings. The number of benzene rings is 1. The predicted molar refractivity (Wildman–Crippen MR) is 106 cm³/mol. The first-order chi connectivity index (χ1) is 12.4. The molecule has 26 heavy (non-hydrogen) atoms. The maximum absolute atomic E-state index is 12.1. The number of carbonyl (C=O) groups excluding carboxylic acids is 1. The lowest BCUT2D eigenvalue weighted by atomic mass is 10.2. The van der Waals surface area contributed by atoms with Crippen molar-refractivity contribution in [3.63, 3.8) is 0 Å². The first-order valence-corrected chi connectivity index (χ1v) is 8.78. The van der Waals surface area contributed by atoms with Crippen molar-refractivity contribution in [1.29, 1.82) is 0 Å². The molecule has 0 unspecified atom stereocenters. The van der Waals surface area contributed by atoms with Gasteiger partial charge in [-0.25, -0.2) is 4.98 Å². The van der Waals surface area contributed by atoms with Gasteiger partial charge in [0.05, 0.1) is 18.4 Å². The summed E-state index contributed by atoms with van der Waals surface area (Å²) in [6, 6.07) is 7.16. The molecule has 0 saturated heterocycles. The van der Waals surface area contributed by atoms with E-state index in [1.54, 1.807) is 31.5 Å². The molecule has 6 nitrogen and oxygen atoms in total. The average molecular weight is 377 g/mol. The van der Waals surface area contributed by atoms with Crippen LogP contribution in [-0.4, -0.2) is 50.1 Å².